The molecule has 4 nitrogen and oxygen atoms in total. The van der Waals surface area contributed by atoms with Gasteiger partial charge in [-0.1, -0.05) is 13.0 Å². The van der Waals surface area contributed by atoms with Crippen molar-refractivity contribution in [2.75, 3.05) is 13.6 Å². The summed E-state index contributed by atoms with van der Waals surface area (Å²) in [5.41, 5.74) is 0.387. The van der Waals surface area contributed by atoms with Crippen molar-refractivity contribution in [3.63, 3.8) is 0 Å². The topological polar surface area (TPSA) is 57.6 Å². The quantitative estimate of drug-likeness (QED) is 0.832. The van der Waals surface area contributed by atoms with E-state index in [1.54, 1.807) is 7.05 Å². The van der Waals surface area contributed by atoms with E-state index in [0.29, 0.717) is 12.1 Å². The second-order valence-corrected chi connectivity index (χ2v) is 4.14. The number of hydrogen-bond acceptors (Lipinski definition) is 2. The second kappa shape index (κ2) is 6.68. The maximum absolute atomic E-state index is 13.8. The zero-order valence-corrected chi connectivity index (χ0v) is 10.9. The zero-order valence-electron chi connectivity index (χ0n) is 10.9. The summed E-state index contributed by atoms with van der Waals surface area (Å²) in [7, 11) is 1.61. The van der Waals surface area contributed by atoms with E-state index in [1.165, 1.54) is 23.1 Å². The molecule has 1 N–H and O–H groups in total. The van der Waals surface area contributed by atoms with E-state index in [1.807, 2.05) is 6.92 Å². The number of amides is 1. The first-order chi connectivity index (χ1) is 8.95. The Morgan fingerprint density at radius 1 is 1.42 bits per heavy atom. The van der Waals surface area contributed by atoms with Crippen molar-refractivity contribution in [1.29, 1.82) is 0 Å². The standard InChI is InChI=1S/C14H16FNO3/c1-3-8-16(2)14(19)11-6-4-10(9-12(11)15)5-7-13(17)18/h4-7,9H,3,8H2,1-2H3,(H,17,18)/b7-5+. The van der Waals surface area contributed by atoms with Gasteiger partial charge in [0.1, 0.15) is 5.82 Å². The van der Waals surface area contributed by atoms with Crippen LogP contribution in [-0.2, 0) is 4.79 Å². The highest BCUT2D eigenvalue weighted by Crippen LogP contribution is 2.14. The van der Waals surface area contributed by atoms with Crippen molar-refractivity contribution >= 4 is 18.0 Å². The van der Waals surface area contributed by atoms with Gasteiger partial charge in [-0.2, -0.15) is 0 Å². The van der Waals surface area contributed by atoms with Crippen LogP contribution in [-0.4, -0.2) is 35.5 Å². The Bertz CT molecular complexity index is 511. The van der Waals surface area contributed by atoms with Gasteiger partial charge in [-0.25, -0.2) is 9.18 Å². The highest BCUT2D eigenvalue weighted by Gasteiger charge is 2.15. The average molecular weight is 265 g/mol. The highest BCUT2D eigenvalue weighted by molar-refractivity contribution is 5.94. The average Bonchev–Trinajstić information content (AvgIpc) is 2.36. The van der Waals surface area contributed by atoms with Crippen LogP contribution in [0.3, 0.4) is 0 Å². The second-order valence-electron chi connectivity index (χ2n) is 4.14. The van der Waals surface area contributed by atoms with Crippen molar-refractivity contribution in [3.8, 4) is 0 Å². The number of rotatable bonds is 5. The van der Waals surface area contributed by atoms with Crippen LogP contribution in [0.15, 0.2) is 24.3 Å². The Morgan fingerprint density at radius 3 is 2.63 bits per heavy atom. The van der Waals surface area contributed by atoms with Crippen LogP contribution in [0.25, 0.3) is 6.08 Å². The van der Waals surface area contributed by atoms with E-state index in [0.717, 1.165) is 18.6 Å². The molecule has 0 aliphatic rings. The van der Waals surface area contributed by atoms with Gasteiger partial charge in [0, 0.05) is 19.7 Å². The van der Waals surface area contributed by atoms with Crippen molar-refractivity contribution < 1.29 is 19.1 Å². The lowest BCUT2D eigenvalue weighted by Gasteiger charge is -2.16. The summed E-state index contributed by atoms with van der Waals surface area (Å²) in [6, 6.07) is 4.02. The number of benzene rings is 1. The number of halogens is 1. The maximum atomic E-state index is 13.8. The predicted molar refractivity (Wildman–Crippen MR) is 70.3 cm³/mol. The molecule has 0 spiro atoms. The molecule has 0 radical (unpaired) electrons. The molecule has 0 fully saturated rings. The number of hydrogen-bond donors (Lipinski definition) is 1. The molecule has 1 rings (SSSR count). The zero-order chi connectivity index (χ0) is 14.4. The molecular formula is C14H16FNO3. The molecule has 0 atom stereocenters. The van der Waals surface area contributed by atoms with Gasteiger partial charge in [-0.05, 0) is 30.2 Å². The van der Waals surface area contributed by atoms with Gasteiger partial charge in [-0.15, -0.1) is 0 Å². The van der Waals surface area contributed by atoms with E-state index in [4.69, 9.17) is 5.11 Å². The van der Waals surface area contributed by atoms with Crippen LogP contribution in [0.5, 0.6) is 0 Å². The Hall–Kier alpha value is -2.17. The summed E-state index contributed by atoms with van der Waals surface area (Å²) >= 11 is 0. The number of carboxylic acids is 1. The van der Waals surface area contributed by atoms with Crippen LogP contribution < -0.4 is 0 Å². The van der Waals surface area contributed by atoms with Gasteiger partial charge >= 0.3 is 5.97 Å². The molecule has 0 aliphatic heterocycles. The van der Waals surface area contributed by atoms with Gasteiger partial charge in [0.2, 0.25) is 0 Å². The molecule has 102 valence electrons. The van der Waals surface area contributed by atoms with Crippen LogP contribution in [0.4, 0.5) is 4.39 Å². The van der Waals surface area contributed by atoms with Crippen molar-refractivity contribution in [3.05, 3.63) is 41.2 Å². The number of carbonyl (C=O) groups excluding carboxylic acids is 1. The molecule has 0 aromatic heterocycles. The number of nitrogens with zero attached hydrogens (tertiary/aromatic N) is 1. The molecular weight excluding hydrogens is 249 g/mol. The summed E-state index contributed by atoms with van der Waals surface area (Å²) in [4.78, 5) is 23.7. The lowest BCUT2D eigenvalue weighted by molar-refractivity contribution is -0.131. The third-order valence-corrected chi connectivity index (χ3v) is 2.55. The summed E-state index contributed by atoms with van der Waals surface area (Å²) < 4.78 is 13.8. The monoisotopic (exact) mass is 265 g/mol. The fourth-order valence-corrected chi connectivity index (χ4v) is 1.62. The Morgan fingerprint density at radius 2 is 2.11 bits per heavy atom. The fraction of sp³-hybridized carbons (Fsp3) is 0.286. The van der Waals surface area contributed by atoms with Crippen molar-refractivity contribution in [1.82, 2.24) is 4.90 Å². The molecule has 19 heavy (non-hydrogen) atoms. The lowest BCUT2D eigenvalue weighted by atomic mass is 10.1. The molecule has 0 unspecified atom stereocenters. The van der Waals surface area contributed by atoms with E-state index in [2.05, 4.69) is 0 Å². The van der Waals surface area contributed by atoms with Crippen LogP contribution in [0.2, 0.25) is 0 Å². The minimum absolute atomic E-state index is 0.0107. The lowest BCUT2D eigenvalue weighted by Crippen LogP contribution is -2.28. The van der Waals surface area contributed by atoms with Crippen LogP contribution in [0, 0.1) is 5.82 Å². The first-order valence-electron chi connectivity index (χ1n) is 5.91. The summed E-state index contributed by atoms with van der Waals surface area (Å²) in [5.74, 6) is -2.14. The van der Waals surface area contributed by atoms with Gasteiger partial charge in [0.15, 0.2) is 0 Å². The molecule has 0 aliphatic carbocycles. The smallest absolute Gasteiger partial charge is 0.328 e. The predicted octanol–water partition coefficient (Wildman–Crippen LogP) is 2.41. The summed E-state index contributed by atoms with van der Waals surface area (Å²) in [6.07, 6.45) is 2.98. The number of carboxylic acid groups (broad SMARTS) is 1. The Kier molecular flexibility index (Phi) is 5.23. The van der Waals surface area contributed by atoms with E-state index >= 15 is 0 Å². The van der Waals surface area contributed by atoms with Gasteiger partial charge < -0.3 is 10.0 Å². The Labute approximate surface area is 111 Å². The van der Waals surface area contributed by atoms with E-state index in [9.17, 15) is 14.0 Å². The molecule has 0 heterocycles. The molecule has 0 saturated carbocycles. The van der Waals surface area contributed by atoms with Gasteiger partial charge in [0.25, 0.3) is 5.91 Å². The van der Waals surface area contributed by atoms with Crippen molar-refractivity contribution in [2.24, 2.45) is 0 Å². The molecule has 1 aromatic rings. The normalized spacial score (nSPS) is 10.7. The van der Waals surface area contributed by atoms with Crippen LogP contribution in [0.1, 0.15) is 29.3 Å². The summed E-state index contributed by atoms with van der Waals surface area (Å²) in [5, 5.41) is 8.48. The minimum atomic E-state index is -1.11. The first-order valence-corrected chi connectivity index (χ1v) is 5.91. The maximum Gasteiger partial charge on any atom is 0.328 e. The van der Waals surface area contributed by atoms with Gasteiger partial charge in [-0.3, -0.25) is 4.79 Å². The molecule has 1 amide bonds. The SMILES string of the molecule is CCCN(C)C(=O)c1ccc(/C=C/C(=O)O)cc1F. The van der Waals surface area contributed by atoms with Crippen molar-refractivity contribution in [2.45, 2.75) is 13.3 Å². The third kappa shape index (κ3) is 4.21. The summed E-state index contributed by atoms with van der Waals surface area (Å²) in [6.45, 7) is 2.48. The van der Waals surface area contributed by atoms with Gasteiger partial charge in [0.05, 0.1) is 5.56 Å². The highest BCUT2D eigenvalue weighted by atomic mass is 19.1. The molecule has 0 bridgehead atoms. The fourth-order valence-electron chi connectivity index (χ4n) is 1.62. The largest absolute Gasteiger partial charge is 0.478 e. The first kappa shape index (κ1) is 14.9. The number of carbonyl (C=O) groups is 2. The van der Waals surface area contributed by atoms with Crippen LogP contribution >= 0.6 is 0 Å². The third-order valence-electron chi connectivity index (χ3n) is 2.55. The molecule has 0 saturated heterocycles. The van der Waals surface area contributed by atoms with E-state index in [-0.39, 0.29) is 11.5 Å². The minimum Gasteiger partial charge on any atom is -0.478 e. The number of aliphatic carboxylic acids is 1. The Balaban J connectivity index is 2.94. The molecule has 1 aromatic carbocycles. The van der Waals surface area contributed by atoms with E-state index < -0.39 is 11.8 Å². The molecule has 5 heteroatoms.